The molecule has 1 saturated heterocycles. The molecule has 1 aliphatic heterocycles. The number of benzene rings is 1. The summed E-state index contributed by atoms with van der Waals surface area (Å²) in [5, 5.41) is 10.5. The third-order valence-electron chi connectivity index (χ3n) is 4.26. The Labute approximate surface area is 135 Å². The minimum Gasteiger partial charge on any atom is -0.384 e. The van der Waals surface area contributed by atoms with Crippen LogP contribution in [0.25, 0.3) is 0 Å². The van der Waals surface area contributed by atoms with Crippen molar-refractivity contribution in [2.45, 2.75) is 43.9 Å². The van der Waals surface area contributed by atoms with Crippen LogP contribution in [-0.4, -0.2) is 54.5 Å². The summed E-state index contributed by atoms with van der Waals surface area (Å²) in [5.74, 6) is 0. The van der Waals surface area contributed by atoms with E-state index in [1.807, 2.05) is 30.3 Å². The second kappa shape index (κ2) is 8.66. The van der Waals surface area contributed by atoms with Gasteiger partial charge in [0.15, 0.2) is 0 Å². The van der Waals surface area contributed by atoms with Gasteiger partial charge in [-0.15, -0.1) is 0 Å². The van der Waals surface area contributed by atoms with Crippen molar-refractivity contribution in [2.75, 3.05) is 26.4 Å². The lowest BCUT2D eigenvalue weighted by Gasteiger charge is -2.41. The molecule has 130 valence electrons. The Morgan fingerprint density at radius 3 is 2.70 bits per heavy atom. The Morgan fingerprint density at radius 1 is 1.30 bits per heavy atom. The highest BCUT2D eigenvalue weighted by atomic mass is 19.3. The van der Waals surface area contributed by atoms with E-state index in [0.717, 1.165) is 5.56 Å². The third kappa shape index (κ3) is 5.48. The summed E-state index contributed by atoms with van der Waals surface area (Å²) in [4.78, 5) is 2.09. The first-order chi connectivity index (χ1) is 11.0. The van der Waals surface area contributed by atoms with Crippen molar-refractivity contribution < 1.29 is 23.0 Å². The largest absolute Gasteiger partial charge is 0.384 e. The topological polar surface area (TPSA) is 32.7 Å². The summed E-state index contributed by atoms with van der Waals surface area (Å²) in [5.41, 5.74) is -0.556. The van der Waals surface area contributed by atoms with Crippen LogP contribution in [0, 0.1) is 0 Å². The van der Waals surface area contributed by atoms with Gasteiger partial charge in [-0.05, 0) is 18.4 Å². The number of morpholine rings is 1. The number of halogens is 3. The fraction of sp³-hybridized carbons (Fsp3) is 0.647. The lowest BCUT2D eigenvalue weighted by atomic mass is 9.90. The lowest BCUT2D eigenvalue weighted by Crippen LogP contribution is -2.55. The SMILES string of the molecule is OC(CF)(CCCC(F)F)C1CN(Cc2ccccc2)CCO1. The molecule has 1 aliphatic rings. The summed E-state index contributed by atoms with van der Waals surface area (Å²) in [6, 6.07) is 9.87. The van der Waals surface area contributed by atoms with E-state index in [4.69, 9.17) is 4.74 Å². The van der Waals surface area contributed by atoms with Crippen LogP contribution in [0.1, 0.15) is 24.8 Å². The fourth-order valence-corrected chi connectivity index (χ4v) is 2.89. The number of nitrogens with zero attached hydrogens (tertiary/aromatic N) is 1. The molecule has 1 aromatic carbocycles. The van der Waals surface area contributed by atoms with Gasteiger partial charge in [-0.2, -0.15) is 0 Å². The predicted octanol–water partition coefficient (Wildman–Crippen LogP) is 3.02. The minimum atomic E-state index is -2.43. The molecule has 6 heteroatoms. The average Bonchev–Trinajstić information content (AvgIpc) is 2.55. The summed E-state index contributed by atoms with van der Waals surface area (Å²) in [7, 11) is 0. The molecule has 0 amide bonds. The summed E-state index contributed by atoms with van der Waals surface area (Å²) in [6.07, 6.45) is -3.39. The van der Waals surface area contributed by atoms with E-state index < -0.39 is 24.8 Å². The van der Waals surface area contributed by atoms with Gasteiger partial charge in [0.1, 0.15) is 18.4 Å². The van der Waals surface area contributed by atoms with Crippen LogP contribution in [-0.2, 0) is 11.3 Å². The van der Waals surface area contributed by atoms with Gasteiger partial charge in [0, 0.05) is 26.1 Å². The van der Waals surface area contributed by atoms with Crippen molar-refractivity contribution in [1.29, 1.82) is 0 Å². The van der Waals surface area contributed by atoms with Gasteiger partial charge in [0.25, 0.3) is 0 Å². The molecule has 2 rings (SSSR count). The first kappa shape index (κ1) is 18.2. The van der Waals surface area contributed by atoms with Crippen molar-refractivity contribution in [3.05, 3.63) is 35.9 Å². The fourth-order valence-electron chi connectivity index (χ4n) is 2.89. The van der Waals surface area contributed by atoms with E-state index in [0.29, 0.717) is 26.2 Å². The zero-order chi connectivity index (χ0) is 16.7. The smallest absolute Gasteiger partial charge is 0.238 e. The van der Waals surface area contributed by atoms with Crippen LogP contribution in [0.2, 0.25) is 0 Å². The molecular formula is C17H24F3NO2. The summed E-state index contributed by atoms with van der Waals surface area (Å²) >= 11 is 0. The van der Waals surface area contributed by atoms with Crippen LogP contribution in [0.5, 0.6) is 0 Å². The molecule has 3 nitrogen and oxygen atoms in total. The Balaban J connectivity index is 1.92. The lowest BCUT2D eigenvalue weighted by molar-refractivity contribution is -0.156. The standard InChI is InChI=1S/C17H24F3NO2/c18-13-17(22,8-4-7-16(19)20)15-12-21(9-10-23-15)11-14-5-2-1-3-6-14/h1-3,5-6,15-16,22H,4,7-13H2. The number of hydrogen-bond donors (Lipinski definition) is 1. The van der Waals surface area contributed by atoms with Crippen LogP contribution < -0.4 is 0 Å². The van der Waals surface area contributed by atoms with Crippen molar-refractivity contribution in [2.24, 2.45) is 0 Å². The van der Waals surface area contributed by atoms with Crippen LogP contribution in [0.3, 0.4) is 0 Å². The molecule has 0 aliphatic carbocycles. The number of hydrogen-bond acceptors (Lipinski definition) is 3. The Bertz CT molecular complexity index is 460. The number of ether oxygens (including phenoxy) is 1. The molecule has 0 radical (unpaired) electrons. The van der Waals surface area contributed by atoms with Gasteiger partial charge in [0.05, 0.1) is 6.61 Å². The second-order valence-corrected chi connectivity index (χ2v) is 6.10. The maximum Gasteiger partial charge on any atom is 0.238 e. The van der Waals surface area contributed by atoms with Crippen LogP contribution in [0.4, 0.5) is 13.2 Å². The maximum atomic E-state index is 13.4. The maximum absolute atomic E-state index is 13.4. The van der Waals surface area contributed by atoms with E-state index in [9.17, 15) is 18.3 Å². The highest BCUT2D eigenvalue weighted by Crippen LogP contribution is 2.26. The van der Waals surface area contributed by atoms with Crippen molar-refractivity contribution >= 4 is 0 Å². The highest BCUT2D eigenvalue weighted by molar-refractivity contribution is 5.14. The zero-order valence-corrected chi connectivity index (χ0v) is 13.1. The van der Waals surface area contributed by atoms with Gasteiger partial charge >= 0.3 is 0 Å². The molecule has 1 aromatic rings. The summed E-state index contributed by atoms with van der Waals surface area (Å²) in [6.45, 7) is 1.20. The summed E-state index contributed by atoms with van der Waals surface area (Å²) < 4.78 is 43.4. The number of rotatable bonds is 8. The zero-order valence-electron chi connectivity index (χ0n) is 13.1. The molecule has 0 bridgehead atoms. The van der Waals surface area contributed by atoms with E-state index in [-0.39, 0.29) is 19.3 Å². The van der Waals surface area contributed by atoms with Crippen LogP contribution >= 0.6 is 0 Å². The average molecular weight is 331 g/mol. The van der Waals surface area contributed by atoms with Gasteiger partial charge in [-0.3, -0.25) is 4.90 Å². The van der Waals surface area contributed by atoms with Gasteiger partial charge in [0.2, 0.25) is 6.43 Å². The van der Waals surface area contributed by atoms with E-state index >= 15 is 0 Å². The van der Waals surface area contributed by atoms with Crippen molar-refractivity contribution in [3.63, 3.8) is 0 Å². The monoisotopic (exact) mass is 331 g/mol. The molecule has 1 N–H and O–H groups in total. The molecule has 1 heterocycles. The molecule has 0 spiro atoms. The number of aliphatic hydroxyl groups is 1. The molecule has 0 saturated carbocycles. The first-order valence-electron chi connectivity index (χ1n) is 7.98. The van der Waals surface area contributed by atoms with E-state index in [1.54, 1.807) is 0 Å². The van der Waals surface area contributed by atoms with Crippen LogP contribution in [0.15, 0.2) is 30.3 Å². The molecule has 2 unspecified atom stereocenters. The Kier molecular flexibility index (Phi) is 6.87. The molecular weight excluding hydrogens is 307 g/mol. The van der Waals surface area contributed by atoms with Gasteiger partial charge in [-0.1, -0.05) is 30.3 Å². The normalized spacial score (nSPS) is 22.2. The third-order valence-corrected chi connectivity index (χ3v) is 4.26. The minimum absolute atomic E-state index is 0.0162. The van der Waals surface area contributed by atoms with Crippen molar-refractivity contribution in [1.82, 2.24) is 4.90 Å². The molecule has 23 heavy (non-hydrogen) atoms. The predicted molar refractivity (Wildman–Crippen MR) is 82.2 cm³/mol. The van der Waals surface area contributed by atoms with Gasteiger partial charge < -0.3 is 9.84 Å². The second-order valence-electron chi connectivity index (χ2n) is 6.10. The van der Waals surface area contributed by atoms with Gasteiger partial charge in [-0.25, -0.2) is 13.2 Å². The number of alkyl halides is 3. The van der Waals surface area contributed by atoms with E-state index in [2.05, 4.69) is 4.90 Å². The molecule has 2 atom stereocenters. The molecule has 0 aromatic heterocycles. The quantitative estimate of drug-likeness (QED) is 0.795. The van der Waals surface area contributed by atoms with E-state index in [1.165, 1.54) is 0 Å². The first-order valence-corrected chi connectivity index (χ1v) is 7.98. The highest BCUT2D eigenvalue weighted by Gasteiger charge is 2.40. The Hall–Kier alpha value is -1.11. The molecule has 1 fully saturated rings. The van der Waals surface area contributed by atoms with Crippen molar-refractivity contribution in [3.8, 4) is 0 Å². The Morgan fingerprint density at radius 2 is 2.04 bits per heavy atom.